The van der Waals surface area contributed by atoms with Gasteiger partial charge in [0.05, 0.1) is 5.38 Å². The van der Waals surface area contributed by atoms with E-state index in [2.05, 4.69) is 12.7 Å². The normalized spacial score (nSPS) is 24.5. The molecular formula is C10H15Cl. The lowest BCUT2D eigenvalue weighted by Gasteiger charge is -2.15. The van der Waals surface area contributed by atoms with Crippen LogP contribution in [0.2, 0.25) is 0 Å². The van der Waals surface area contributed by atoms with Crippen LogP contribution in [-0.2, 0) is 0 Å². The maximum absolute atomic E-state index is 5.99. The minimum absolute atomic E-state index is 0.295. The lowest BCUT2D eigenvalue weighted by atomic mass is 9.96. The average Bonchev–Trinajstić information content (AvgIpc) is 2.01. The van der Waals surface area contributed by atoms with Crippen molar-refractivity contribution in [3.63, 3.8) is 0 Å². The highest BCUT2D eigenvalue weighted by Gasteiger charge is 2.09. The van der Waals surface area contributed by atoms with Crippen LogP contribution in [0.3, 0.4) is 0 Å². The van der Waals surface area contributed by atoms with Crippen molar-refractivity contribution in [2.24, 2.45) is 0 Å². The molecule has 0 aromatic rings. The smallest absolute Gasteiger partial charge is 0.0518 e. The predicted molar refractivity (Wildman–Crippen MR) is 51.0 cm³/mol. The van der Waals surface area contributed by atoms with E-state index in [1.165, 1.54) is 18.4 Å². The minimum Gasteiger partial charge on any atom is -0.118 e. The molecule has 0 saturated carbocycles. The van der Waals surface area contributed by atoms with Crippen LogP contribution in [-0.4, -0.2) is 5.38 Å². The topological polar surface area (TPSA) is 0 Å². The second-order valence-electron chi connectivity index (χ2n) is 3.06. The Morgan fingerprint density at radius 3 is 3.18 bits per heavy atom. The zero-order valence-electron chi connectivity index (χ0n) is 6.85. The molecule has 1 aliphatic rings. The van der Waals surface area contributed by atoms with E-state index < -0.39 is 0 Å². The molecule has 0 amide bonds. The van der Waals surface area contributed by atoms with E-state index in [0.29, 0.717) is 5.38 Å². The Labute approximate surface area is 73.9 Å². The summed E-state index contributed by atoms with van der Waals surface area (Å²) in [5, 5.41) is 0.295. The van der Waals surface area contributed by atoms with Gasteiger partial charge in [0.2, 0.25) is 0 Å². The second kappa shape index (κ2) is 4.61. The van der Waals surface area contributed by atoms with Gasteiger partial charge in [-0.2, -0.15) is 0 Å². The van der Waals surface area contributed by atoms with Crippen LogP contribution in [0.1, 0.15) is 32.1 Å². The molecule has 1 unspecified atom stereocenters. The van der Waals surface area contributed by atoms with Gasteiger partial charge in [-0.25, -0.2) is 0 Å². The van der Waals surface area contributed by atoms with Crippen LogP contribution in [0.15, 0.2) is 24.3 Å². The molecule has 1 atom stereocenters. The number of alkyl halides is 1. The van der Waals surface area contributed by atoms with Gasteiger partial charge in [0, 0.05) is 0 Å². The van der Waals surface area contributed by atoms with Crippen molar-refractivity contribution in [1.29, 1.82) is 0 Å². The summed E-state index contributed by atoms with van der Waals surface area (Å²) in [4.78, 5) is 0. The molecule has 62 valence electrons. The van der Waals surface area contributed by atoms with Gasteiger partial charge in [0.15, 0.2) is 0 Å². The Hall–Kier alpha value is -0.230. The number of halogens is 1. The third-order valence-corrected chi connectivity index (χ3v) is 2.41. The Morgan fingerprint density at radius 2 is 2.55 bits per heavy atom. The molecule has 1 rings (SSSR count). The summed E-state index contributed by atoms with van der Waals surface area (Å²) in [5.74, 6) is 0. The second-order valence-corrected chi connectivity index (χ2v) is 3.62. The van der Waals surface area contributed by atoms with Crippen LogP contribution in [0, 0.1) is 0 Å². The van der Waals surface area contributed by atoms with Crippen LogP contribution < -0.4 is 0 Å². The first-order valence-corrected chi connectivity index (χ1v) is 4.71. The molecule has 0 fully saturated rings. The quantitative estimate of drug-likeness (QED) is 0.448. The van der Waals surface area contributed by atoms with E-state index in [0.717, 1.165) is 19.3 Å². The van der Waals surface area contributed by atoms with E-state index in [1.807, 2.05) is 6.08 Å². The third kappa shape index (κ3) is 3.11. The van der Waals surface area contributed by atoms with E-state index >= 15 is 0 Å². The van der Waals surface area contributed by atoms with Crippen molar-refractivity contribution in [1.82, 2.24) is 0 Å². The highest BCUT2D eigenvalue weighted by atomic mass is 35.5. The summed E-state index contributed by atoms with van der Waals surface area (Å²) in [6, 6.07) is 0. The third-order valence-electron chi connectivity index (χ3n) is 2.06. The van der Waals surface area contributed by atoms with E-state index in [4.69, 9.17) is 11.6 Å². The van der Waals surface area contributed by atoms with Crippen molar-refractivity contribution in [3.8, 4) is 0 Å². The van der Waals surface area contributed by atoms with Crippen molar-refractivity contribution in [2.45, 2.75) is 37.5 Å². The van der Waals surface area contributed by atoms with Crippen molar-refractivity contribution in [3.05, 3.63) is 24.3 Å². The van der Waals surface area contributed by atoms with Crippen LogP contribution in [0.4, 0.5) is 0 Å². The Kier molecular flexibility index (Phi) is 3.71. The first kappa shape index (κ1) is 8.86. The summed E-state index contributed by atoms with van der Waals surface area (Å²) in [6.07, 6.45) is 10.1. The van der Waals surface area contributed by atoms with Crippen molar-refractivity contribution in [2.75, 3.05) is 0 Å². The van der Waals surface area contributed by atoms with Gasteiger partial charge in [0.1, 0.15) is 0 Å². The zero-order chi connectivity index (χ0) is 8.10. The fourth-order valence-corrected chi connectivity index (χ4v) is 1.77. The molecule has 0 nitrogen and oxygen atoms in total. The van der Waals surface area contributed by atoms with E-state index in [9.17, 15) is 0 Å². The molecular weight excluding hydrogens is 156 g/mol. The van der Waals surface area contributed by atoms with Crippen molar-refractivity contribution < 1.29 is 0 Å². The summed E-state index contributed by atoms with van der Waals surface area (Å²) >= 11 is 5.99. The molecule has 0 aliphatic heterocycles. The molecule has 1 aliphatic carbocycles. The maximum Gasteiger partial charge on any atom is 0.0518 e. The van der Waals surface area contributed by atoms with Crippen LogP contribution >= 0.6 is 11.6 Å². The number of hydrogen-bond acceptors (Lipinski definition) is 0. The van der Waals surface area contributed by atoms with Crippen LogP contribution in [0.5, 0.6) is 0 Å². The number of allylic oxidation sites excluding steroid dienone is 3. The molecule has 1 heteroatoms. The first-order valence-electron chi connectivity index (χ1n) is 4.27. The summed E-state index contributed by atoms with van der Waals surface area (Å²) in [7, 11) is 0. The molecule has 0 radical (unpaired) electrons. The molecule has 0 spiro atoms. The van der Waals surface area contributed by atoms with Gasteiger partial charge in [-0.1, -0.05) is 17.7 Å². The fraction of sp³-hybridized carbons (Fsp3) is 0.600. The molecule has 0 saturated heterocycles. The van der Waals surface area contributed by atoms with Gasteiger partial charge in [-0.15, -0.1) is 18.2 Å². The monoisotopic (exact) mass is 170 g/mol. The average molecular weight is 171 g/mol. The Balaban J connectivity index is 2.36. The number of rotatable bonds is 3. The summed E-state index contributed by atoms with van der Waals surface area (Å²) in [6.45, 7) is 3.70. The number of hydrogen-bond donors (Lipinski definition) is 0. The van der Waals surface area contributed by atoms with Crippen LogP contribution in [0.25, 0.3) is 0 Å². The predicted octanol–water partition coefficient (Wildman–Crippen LogP) is 3.67. The summed E-state index contributed by atoms with van der Waals surface area (Å²) < 4.78 is 0. The van der Waals surface area contributed by atoms with Gasteiger partial charge >= 0.3 is 0 Å². The van der Waals surface area contributed by atoms with Gasteiger partial charge < -0.3 is 0 Å². The molecule has 0 bridgehead atoms. The Morgan fingerprint density at radius 1 is 1.73 bits per heavy atom. The SMILES string of the molecule is C=CCCC1=CC(Cl)CCC1. The van der Waals surface area contributed by atoms with Gasteiger partial charge in [0.25, 0.3) is 0 Å². The van der Waals surface area contributed by atoms with E-state index in [-0.39, 0.29) is 0 Å². The minimum atomic E-state index is 0.295. The molecule has 0 N–H and O–H groups in total. The lowest BCUT2D eigenvalue weighted by Crippen LogP contribution is -2.02. The molecule has 0 heterocycles. The molecule has 0 aromatic heterocycles. The fourth-order valence-electron chi connectivity index (χ4n) is 1.44. The highest BCUT2D eigenvalue weighted by Crippen LogP contribution is 2.24. The zero-order valence-corrected chi connectivity index (χ0v) is 7.61. The van der Waals surface area contributed by atoms with E-state index in [1.54, 1.807) is 0 Å². The summed E-state index contributed by atoms with van der Waals surface area (Å²) in [5.41, 5.74) is 1.52. The largest absolute Gasteiger partial charge is 0.118 e. The van der Waals surface area contributed by atoms with Crippen molar-refractivity contribution >= 4 is 11.6 Å². The Bertz CT molecular complexity index is 158. The maximum atomic E-state index is 5.99. The molecule has 0 aromatic carbocycles. The van der Waals surface area contributed by atoms with Gasteiger partial charge in [-0.05, 0) is 32.1 Å². The standard InChI is InChI=1S/C10H15Cl/c1-2-3-5-9-6-4-7-10(11)8-9/h2,8,10H,1,3-7H2. The highest BCUT2D eigenvalue weighted by molar-refractivity contribution is 6.21. The van der Waals surface area contributed by atoms with Gasteiger partial charge in [-0.3, -0.25) is 0 Å². The first-order chi connectivity index (χ1) is 5.33. The molecule has 11 heavy (non-hydrogen) atoms. The lowest BCUT2D eigenvalue weighted by molar-refractivity contribution is 0.681.